The third-order valence-corrected chi connectivity index (χ3v) is 2.50. The molecule has 3 heteroatoms. The van der Waals surface area contributed by atoms with Gasteiger partial charge >= 0.3 is 0 Å². The van der Waals surface area contributed by atoms with E-state index in [-0.39, 0.29) is 11.9 Å². The molecule has 0 atom stereocenters. The minimum Gasteiger partial charge on any atom is -0.494 e. The zero-order valence-electron chi connectivity index (χ0n) is 12.0. The largest absolute Gasteiger partial charge is 0.494 e. The fourth-order valence-corrected chi connectivity index (χ4v) is 1.51. The van der Waals surface area contributed by atoms with Gasteiger partial charge in [-0.2, -0.15) is 0 Å². The monoisotopic (exact) mass is 261 g/mol. The van der Waals surface area contributed by atoms with Gasteiger partial charge in [-0.05, 0) is 44.0 Å². The number of unbranched alkanes of at least 4 members (excludes halogenated alkanes) is 1. The maximum Gasteiger partial charge on any atom is 0.244 e. The van der Waals surface area contributed by atoms with Crippen molar-refractivity contribution in [2.24, 2.45) is 0 Å². The van der Waals surface area contributed by atoms with Crippen LogP contribution >= 0.6 is 0 Å². The maximum atomic E-state index is 11.4. The summed E-state index contributed by atoms with van der Waals surface area (Å²) < 4.78 is 5.58. The van der Waals surface area contributed by atoms with Gasteiger partial charge in [-0.1, -0.05) is 25.5 Å². The van der Waals surface area contributed by atoms with Crippen LogP contribution in [0.5, 0.6) is 5.75 Å². The Hall–Kier alpha value is -1.77. The molecule has 3 nitrogen and oxygen atoms in total. The second-order valence-corrected chi connectivity index (χ2v) is 4.77. The molecular formula is C16H23NO2. The van der Waals surface area contributed by atoms with Crippen LogP contribution in [0.2, 0.25) is 0 Å². The molecule has 0 unspecified atom stereocenters. The van der Waals surface area contributed by atoms with Gasteiger partial charge in [-0.25, -0.2) is 0 Å². The molecule has 1 amide bonds. The molecule has 0 bridgehead atoms. The number of benzene rings is 1. The van der Waals surface area contributed by atoms with Crippen LogP contribution in [0.4, 0.5) is 0 Å². The fourth-order valence-electron chi connectivity index (χ4n) is 1.51. The van der Waals surface area contributed by atoms with E-state index in [1.165, 1.54) is 0 Å². The molecule has 0 heterocycles. The zero-order valence-corrected chi connectivity index (χ0v) is 12.0. The summed E-state index contributed by atoms with van der Waals surface area (Å²) in [6.45, 7) is 6.77. The third-order valence-electron chi connectivity index (χ3n) is 2.50. The molecule has 0 saturated carbocycles. The number of hydrogen-bond acceptors (Lipinski definition) is 2. The molecule has 1 rings (SSSR count). The highest BCUT2D eigenvalue weighted by molar-refractivity contribution is 5.91. The molecule has 104 valence electrons. The van der Waals surface area contributed by atoms with E-state index in [4.69, 9.17) is 4.74 Å². The second-order valence-electron chi connectivity index (χ2n) is 4.77. The number of carbonyl (C=O) groups is 1. The summed E-state index contributed by atoms with van der Waals surface area (Å²) in [6.07, 6.45) is 5.54. The van der Waals surface area contributed by atoms with Crippen molar-refractivity contribution in [3.63, 3.8) is 0 Å². The summed E-state index contributed by atoms with van der Waals surface area (Å²) in [5.41, 5.74) is 0.988. The van der Waals surface area contributed by atoms with Crippen molar-refractivity contribution in [2.45, 2.75) is 39.7 Å². The predicted molar refractivity (Wildman–Crippen MR) is 79.2 cm³/mol. The molecule has 0 aromatic heterocycles. The van der Waals surface area contributed by atoms with Gasteiger partial charge in [0.2, 0.25) is 5.91 Å². The standard InChI is InChI=1S/C16H23NO2/c1-4-5-12-19-15-9-6-14(7-10-15)8-11-16(18)17-13(2)3/h6-11,13H,4-5,12H2,1-3H3,(H,17,18)/b11-8-. The highest BCUT2D eigenvalue weighted by atomic mass is 16.5. The van der Waals surface area contributed by atoms with Gasteiger partial charge in [0, 0.05) is 12.1 Å². The Morgan fingerprint density at radius 1 is 1.32 bits per heavy atom. The molecule has 0 aliphatic rings. The predicted octanol–water partition coefficient (Wildman–Crippen LogP) is 3.40. The summed E-state index contributed by atoms with van der Waals surface area (Å²) in [4.78, 5) is 11.4. The average Bonchev–Trinajstić information content (AvgIpc) is 2.37. The number of hydrogen-bond donors (Lipinski definition) is 1. The topological polar surface area (TPSA) is 38.3 Å². The summed E-state index contributed by atoms with van der Waals surface area (Å²) in [5, 5.41) is 2.81. The van der Waals surface area contributed by atoms with Crippen LogP contribution < -0.4 is 10.1 Å². The maximum absolute atomic E-state index is 11.4. The quantitative estimate of drug-likeness (QED) is 0.603. The van der Waals surface area contributed by atoms with Crippen LogP contribution in [-0.2, 0) is 4.79 Å². The third kappa shape index (κ3) is 6.65. The van der Waals surface area contributed by atoms with Crippen molar-refractivity contribution in [3.8, 4) is 5.75 Å². The van der Waals surface area contributed by atoms with Crippen LogP contribution in [0.3, 0.4) is 0 Å². The van der Waals surface area contributed by atoms with E-state index >= 15 is 0 Å². The van der Waals surface area contributed by atoms with Crippen LogP contribution in [-0.4, -0.2) is 18.6 Å². The number of ether oxygens (including phenoxy) is 1. The highest BCUT2D eigenvalue weighted by Crippen LogP contribution is 2.13. The lowest BCUT2D eigenvalue weighted by atomic mass is 10.2. The van der Waals surface area contributed by atoms with E-state index in [0.717, 1.165) is 30.8 Å². The molecule has 0 fully saturated rings. The molecular weight excluding hydrogens is 238 g/mol. The van der Waals surface area contributed by atoms with Gasteiger partial charge in [0.15, 0.2) is 0 Å². The van der Waals surface area contributed by atoms with E-state index in [2.05, 4.69) is 12.2 Å². The molecule has 0 aliphatic heterocycles. The fraction of sp³-hybridized carbons (Fsp3) is 0.438. The number of carbonyl (C=O) groups excluding carboxylic acids is 1. The highest BCUT2D eigenvalue weighted by Gasteiger charge is 1.98. The Bertz CT molecular complexity index is 407. The molecule has 1 aromatic carbocycles. The molecule has 0 spiro atoms. The second kappa shape index (κ2) is 8.35. The van der Waals surface area contributed by atoms with E-state index in [1.54, 1.807) is 12.2 Å². The van der Waals surface area contributed by atoms with Crippen LogP contribution in [0.15, 0.2) is 30.3 Å². The Morgan fingerprint density at radius 3 is 2.58 bits per heavy atom. The molecule has 0 saturated heterocycles. The van der Waals surface area contributed by atoms with Crippen LogP contribution in [0, 0.1) is 0 Å². The van der Waals surface area contributed by atoms with E-state index in [1.807, 2.05) is 38.1 Å². The Kier molecular flexibility index (Phi) is 6.72. The van der Waals surface area contributed by atoms with E-state index < -0.39 is 0 Å². The first-order valence-electron chi connectivity index (χ1n) is 6.83. The number of nitrogens with one attached hydrogen (secondary N) is 1. The summed E-state index contributed by atoms with van der Waals surface area (Å²) in [5.74, 6) is 0.801. The first-order chi connectivity index (χ1) is 9.11. The molecule has 0 aliphatic carbocycles. The van der Waals surface area contributed by atoms with Crippen molar-refractivity contribution in [1.29, 1.82) is 0 Å². The van der Waals surface area contributed by atoms with Gasteiger partial charge < -0.3 is 10.1 Å². The number of rotatable bonds is 7. The molecule has 1 aromatic rings. The van der Waals surface area contributed by atoms with Crippen molar-refractivity contribution in [3.05, 3.63) is 35.9 Å². The van der Waals surface area contributed by atoms with Gasteiger partial charge in [-0.15, -0.1) is 0 Å². The minimum atomic E-state index is -0.0710. The summed E-state index contributed by atoms with van der Waals surface area (Å²) in [6, 6.07) is 7.90. The van der Waals surface area contributed by atoms with Crippen molar-refractivity contribution < 1.29 is 9.53 Å². The van der Waals surface area contributed by atoms with Crippen LogP contribution in [0.1, 0.15) is 39.2 Å². The normalized spacial score (nSPS) is 10.9. The molecule has 19 heavy (non-hydrogen) atoms. The van der Waals surface area contributed by atoms with Crippen molar-refractivity contribution in [1.82, 2.24) is 5.32 Å². The summed E-state index contributed by atoms with van der Waals surface area (Å²) >= 11 is 0. The molecule has 1 N–H and O–H groups in total. The average molecular weight is 261 g/mol. The number of amides is 1. The van der Waals surface area contributed by atoms with Crippen molar-refractivity contribution in [2.75, 3.05) is 6.61 Å². The van der Waals surface area contributed by atoms with E-state index in [9.17, 15) is 4.79 Å². The lowest BCUT2D eigenvalue weighted by Crippen LogP contribution is -2.28. The Labute approximate surface area is 115 Å². The first-order valence-corrected chi connectivity index (χ1v) is 6.83. The molecule has 0 radical (unpaired) electrons. The van der Waals surface area contributed by atoms with Gasteiger partial charge in [0.05, 0.1) is 6.61 Å². The smallest absolute Gasteiger partial charge is 0.244 e. The van der Waals surface area contributed by atoms with Gasteiger partial charge in [0.1, 0.15) is 5.75 Å². The van der Waals surface area contributed by atoms with Crippen LogP contribution in [0.25, 0.3) is 6.08 Å². The van der Waals surface area contributed by atoms with Gasteiger partial charge in [0.25, 0.3) is 0 Å². The lowest BCUT2D eigenvalue weighted by molar-refractivity contribution is -0.116. The minimum absolute atomic E-state index is 0.0710. The van der Waals surface area contributed by atoms with E-state index in [0.29, 0.717) is 0 Å². The van der Waals surface area contributed by atoms with Gasteiger partial charge in [-0.3, -0.25) is 4.79 Å². The Balaban J connectivity index is 2.47. The first kappa shape index (κ1) is 15.3. The SMILES string of the molecule is CCCCOc1ccc(/C=C\C(=O)NC(C)C)cc1. The lowest BCUT2D eigenvalue weighted by Gasteiger charge is -2.05. The van der Waals surface area contributed by atoms with Crippen molar-refractivity contribution >= 4 is 12.0 Å². The summed E-state index contributed by atoms with van der Waals surface area (Å²) in [7, 11) is 0. The zero-order chi connectivity index (χ0) is 14.1. The Morgan fingerprint density at radius 2 is 2.00 bits per heavy atom.